The van der Waals surface area contributed by atoms with Gasteiger partial charge in [0.25, 0.3) is 0 Å². The van der Waals surface area contributed by atoms with Crippen LogP contribution in [0.2, 0.25) is 0 Å². The van der Waals surface area contributed by atoms with Gasteiger partial charge in [0.15, 0.2) is 0 Å². The molecule has 5 unspecified atom stereocenters. The van der Waals surface area contributed by atoms with Crippen molar-refractivity contribution in [2.75, 3.05) is 6.54 Å². The van der Waals surface area contributed by atoms with Gasteiger partial charge in [-0.2, -0.15) is 10.6 Å². The van der Waals surface area contributed by atoms with Crippen LogP contribution >= 0.6 is 0 Å². The molecule has 0 aromatic carbocycles. The number of aromatic nitrogens is 2. The normalized spacial score (nSPS) is 39.8. The summed E-state index contributed by atoms with van der Waals surface area (Å²) in [6.07, 6.45) is 0.626. The Labute approximate surface area is 107 Å². The van der Waals surface area contributed by atoms with Crippen LogP contribution in [0, 0.1) is 13.8 Å². The number of rotatable bonds is 1. The molecule has 1 aromatic rings. The summed E-state index contributed by atoms with van der Waals surface area (Å²) in [5, 5.41) is 14.6. The SMILES string of the molecule is [B]C1OC2CNOC2C(n2cc(C)c(C)n2)C1O. The first-order valence-electron chi connectivity index (χ1n) is 6.08. The van der Waals surface area contributed by atoms with Gasteiger partial charge in [0.05, 0.1) is 18.3 Å². The van der Waals surface area contributed by atoms with Crippen molar-refractivity contribution in [3.05, 3.63) is 17.5 Å². The van der Waals surface area contributed by atoms with E-state index in [0.717, 1.165) is 11.3 Å². The Morgan fingerprint density at radius 1 is 1.56 bits per heavy atom. The summed E-state index contributed by atoms with van der Waals surface area (Å²) < 4.78 is 7.25. The molecule has 6 nitrogen and oxygen atoms in total. The summed E-state index contributed by atoms with van der Waals surface area (Å²) >= 11 is 0. The molecule has 2 aliphatic heterocycles. The largest absolute Gasteiger partial charge is 0.389 e. The van der Waals surface area contributed by atoms with Crippen LogP contribution in [0.3, 0.4) is 0 Å². The molecule has 3 heterocycles. The van der Waals surface area contributed by atoms with E-state index in [4.69, 9.17) is 17.4 Å². The molecule has 18 heavy (non-hydrogen) atoms. The second-order valence-corrected chi connectivity index (χ2v) is 4.93. The molecule has 1 aromatic heterocycles. The fraction of sp³-hybridized carbons (Fsp3) is 0.727. The third kappa shape index (κ3) is 1.78. The second kappa shape index (κ2) is 4.34. The molecule has 0 saturated carbocycles. The van der Waals surface area contributed by atoms with Crippen molar-refractivity contribution in [2.24, 2.45) is 0 Å². The highest BCUT2D eigenvalue weighted by atomic mass is 16.7. The van der Waals surface area contributed by atoms with E-state index in [1.165, 1.54) is 0 Å². The Bertz CT molecular complexity index is 433. The average Bonchev–Trinajstić information content (AvgIpc) is 2.88. The van der Waals surface area contributed by atoms with Crippen molar-refractivity contribution in [3.63, 3.8) is 0 Å². The first-order valence-corrected chi connectivity index (χ1v) is 6.08. The summed E-state index contributed by atoms with van der Waals surface area (Å²) in [6.45, 7) is 4.49. The Morgan fingerprint density at radius 2 is 2.33 bits per heavy atom. The molecular weight excluding hydrogens is 233 g/mol. The highest BCUT2D eigenvalue weighted by molar-refractivity contribution is 6.11. The van der Waals surface area contributed by atoms with Gasteiger partial charge in [-0.05, 0) is 19.4 Å². The van der Waals surface area contributed by atoms with Crippen LogP contribution in [-0.2, 0) is 9.57 Å². The van der Waals surface area contributed by atoms with Crippen molar-refractivity contribution < 1.29 is 14.7 Å². The van der Waals surface area contributed by atoms with Crippen LogP contribution in [0.1, 0.15) is 17.3 Å². The number of aryl methyl sites for hydroxylation is 2. The van der Waals surface area contributed by atoms with E-state index in [2.05, 4.69) is 10.6 Å². The summed E-state index contributed by atoms with van der Waals surface area (Å²) in [5.41, 5.74) is 4.80. The average molecular weight is 249 g/mol. The number of hydrogen-bond donors (Lipinski definition) is 2. The molecule has 0 bridgehead atoms. The first-order chi connectivity index (χ1) is 8.58. The molecule has 0 spiro atoms. The molecule has 2 saturated heterocycles. The van der Waals surface area contributed by atoms with Gasteiger partial charge in [-0.15, -0.1) is 0 Å². The zero-order valence-electron chi connectivity index (χ0n) is 10.4. The lowest BCUT2D eigenvalue weighted by Gasteiger charge is -2.40. The second-order valence-electron chi connectivity index (χ2n) is 4.93. The van der Waals surface area contributed by atoms with Gasteiger partial charge in [0.1, 0.15) is 26.1 Å². The lowest BCUT2D eigenvalue weighted by atomic mass is 9.83. The molecule has 2 radical (unpaired) electrons. The number of aliphatic hydroxyl groups excluding tert-OH is 1. The number of aliphatic hydroxyl groups is 1. The number of hydroxylamine groups is 1. The molecule has 3 rings (SSSR count). The summed E-state index contributed by atoms with van der Waals surface area (Å²) in [5.74, 6) is 0. The maximum Gasteiger partial charge on any atom is 0.131 e. The van der Waals surface area contributed by atoms with Crippen molar-refractivity contribution in [1.82, 2.24) is 15.3 Å². The third-order valence-electron chi connectivity index (χ3n) is 3.69. The molecule has 2 N–H and O–H groups in total. The standard InChI is InChI=1S/C11H16BN3O3/c1-5-4-15(14-6(5)2)8-9(16)11(12)17-7-3-13-18-10(7)8/h4,7-11,13,16H,3H2,1-2H3. The van der Waals surface area contributed by atoms with Crippen LogP contribution < -0.4 is 5.48 Å². The number of ether oxygens (including phenoxy) is 1. The van der Waals surface area contributed by atoms with Gasteiger partial charge in [-0.1, -0.05) is 0 Å². The van der Waals surface area contributed by atoms with Crippen molar-refractivity contribution >= 4 is 7.85 Å². The van der Waals surface area contributed by atoms with Crippen LogP contribution in [0.15, 0.2) is 6.20 Å². The Kier molecular flexibility index (Phi) is 2.94. The lowest BCUT2D eigenvalue weighted by Crippen LogP contribution is -2.54. The quantitative estimate of drug-likeness (QED) is 0.638. The van der Waals surface area contributed by atoms with E-state index < -0.39 is 12.1 Å². The van der Waals surface area contributed by atoms with E-state index in [-0.39, 0.29) is 18.2 Å². The molecule has 0 aliphatic carbocycles. The predicted octanol–water partition coefficient (Wildman–Crippen LogP) is -0.801. The topological polar surface area (TPSA) is 68.5 Å². The number of fused-ring (bicyclic) bond motifs is 1. The summed E-state index contributed by atoms with van der Waals surface area (Å²) in [4.78, 5) is 5.44. The summed E-state index contributed by atoms with van der Waals surface area (Å²) in [7, 11) is 5.81. The minimum atomic E-state index is -0.843. The van der Waals surface area contributed by atoms with Crippen LogP contribution in [-0.4, -0.2) is 53.6 Å². The third-order valence-corrected chi connectivity index (χ3v) is 3.69. The van der Waals surface area contributed by atoms with Crippen molar-refractivity contribution in [2.45, 2.75) is 44.2 Å². The van der Waals surface area contributed by atoms with Crippen LogP contribution in [0.25, 0.3) is 0 Å². The molecular formula is C11H16BN3O3. The van der Waals surface area contributed by atoms with E-state index in [0.29, 0.717) is 6.54 Å². The lowest BCUT2D eigenvalue weighted by molar-refractivity contribution is -0.159. The molecule has 2 aliphatic rings. The minimum absolute atomic E-state index is 0.154. The fourth-order valence-electron chi connectivity index (χ4n) is 2.54. The van der Waals surface area contributed by atoms with Crippen LogP contribution in [0.5, 0.6) is 0 Å². The Hall–Kier alpha value is -0.885. The molecule has 7 heteroatoms. The number of nitrogens with one attached hydrogen (secondary N) is 1. The van der Waals surface area contributed by atoms with Crippen molar-refractivity contribution in [3.8, 4) is 0 Å². The predicted molar refractivity (Wildman–Crippen MR) is 64.0 cm³/mol. The highest BCUT2D eigenvalue weighted by Gasteiger charge is 2.48. The Morgan fingerprint density at radius 3 is 3.00 bits per heavy atom. The van der Waals surface area contributed by atoms with E-state index in [1.54, 1.807) is 4.68 Å². The smallest absolute Gasteiger partial charge is 0.131 e. The van der Waals surface area contributed by atoms with Gasteiger partial charge in [0.2, 0.25) is 0 Å². The van der Waals surface area contributed by atoms with E-state index in [9.17, 15) is 5.11 Å². The van der Waals surface area contributed by atoms with Gasteiger partial charge >= 0.3 is 0 Å². The zero-order valence-corrected chi connectivity index (χ0v) is 10.4. The fourth-order valence-corrected chi connectivity index (χ4v) is 2.54. The molecule has 0 amide bonds. The van der Waals surface area contributed by atoms with Crippen molar-refractivity contribution in [1.29, 1.82) is 0 Å². The van der Waals surface area contributed by atoms with Gasteiger partial charge < -0.3 is 9.84 Å². The number of hydrogen-bond acceptors (Lipinski definition) is 5. The van der Waals surface area contributed by atoms with E-state index in [1.807, 2.05) is 20.0 Å². The number of nitrogens with zero attached hydrogens (tertiary/aromatic N) is 2. The van der Waals surface area contributed by atoms with Gasteiger partial charge in [0, 0.05) is 12.2 Å². The Balaban J connectivity index is 1.96. The molecule has 96 valence electrons. The summed E-state index contributed by atoms with van der Waals surface area (Å²) in [6, 6.07) is -1.05. The van der Waals surface area contributed by atoms with Crippen LogP contribution in [0.4, 0.5) is 0 Å². The zero-order chi connectivity index (χ0) is 12.9. The first kappa shape index (κ1) is 12.2. The van der Waals surface area contributed by atoms with Gasteiger partial charge in [-0.3, -0.25) is 9.52 Å². The molecule has 2 fully saturated rings. The van der Waals surface area contributed by atoms with E-state index >= 15 is 0 Å². The molecule has 5 atom stereocenters. The maximum atomic E-state index is 10.2. The minimum Gasteiger partial charge on any atom is -0.389 e. The maximum absolute atomic E-state index is 10.2. The highest BCUT2D eigenvalue weighted by Crippen LogP contribution is 2.33. The monoisotopic (exact) mass is 249 g/mol. The van der Waals surface area contributed by atoms with Gasteiger partial charge in [-0.25, -0.2) is 0 Å².